The van der Waals surface area contributed by atoms with E-state index in [0.29, 0.717) is 18.6 Å². The highest BCUT2D eigenvalue weighted by atomic mass is 16.5. The molecule has 1 saturated carbocycles. The average Bonchev–Trinajstić information content (AvgIpc) is 2.37. The van der Waals surface area contributed by atoms with E-state index < -0.39 is 0 Å². The van der Waals surface area contributed by atoms with Crippen LogP contribution in [0.15, 0.2) is 0 Å². The van der Waals surface area contributed by atoms with Crippen molar-refractivity contribution >= 4 is 5.91 Å². The average molecular weight is 256 g/mol. The third kappa shape index (κ3) is 2.69. The first-order valence-electron chi connectivity index (χ1n) is 6.99. The number of amides is 1. The van der Waals surface area contributed by atoms with Gasteiger partial charge in [-0.2, -0.15) is 0 Å². The van der Waals surface area contributed by atoms with Gasteiger partial charge >= 0.3 is 0 Å². The quantitative estimate of drug-likeness (QED) is 0.753. The van der Waals surface area contributed by atoms with Crippen molar-refractivity contribution in [3.05, 3.63) is 0 Å². The Morgan fingerprint density at radius 3 is 2.50 bits per heavy atom. The molecule has 0 aromatic carbocycles. The molecule has 4 heteroatoms. The molecule has 2 atom stereocenters. The standard InChI is InChI=1S/C14H28N2O2/c1-6-14(7-2)11(10-12(14)18-5)16(4)9-8-13(17)15-3/h11-12H,6-10H2,1-5H3,(H,15,17)/t11-,12+/m1/s1. The number of nitrogens with zero attached hydrogens (tertiary/aromatic N) is 1. The van der Waals surface area contributed by atoms with E-state index in [2.05, 4.69) is 31.1 Å². The Bertz CT molecular complexity index is 277. The molecule has 4 nitrogen and oxygen atoms in total. The number of rotatable bonds is 7. The molecule has 0 unspecified atom stereocenters. The van der Waals surface area contributed by atoms with Crippen LogP contribution in [0.2, 0.25) is 0 Å². The number of hydrogen-bond donors (Lipinski definition) is 1. The van der Waals surface area contributed by atoms with E-state index in [1.165, 1.54) is 0 Å². The highest BCUT2D eigenvalue weighted by molar-refractivity contribution is 5.75. The summed E-state index contributed by atoms with van der Waals surface area (Å²) in [6.07, 6.45) is 4.31. The summed E-state index contributed by atoms with van der Waals surface area (Å²) in [5.74, 6) is 0.114. The lowest BCUT2D eigenvalue weighted by atomic mass is 9.58. The molecule has 18 heavy (non-hydrogen) atoms. The molecule has 0 aliphatic heterocycles. The van der Waals surface area contributed by atoms with Gasteiger partial charge in [-0.15, -0.1) is 0 Å². The van der Waals surface area contributed by atoms with E-state index in [9.17, 15) is 4.79 Å². The second kappa shape index (κ2) is 6.53. The molecular formula is C14H28N2O2. The molecule has 0 aromatic heterocycles. The van der Waals surface area contributed by atoms with Crippen molar-refractivity contribution in [2.45, 2.75) is 51.7 Å². The second-order valence-corrected chi connectivity index (χ2v) is 5.32. The van der Waals surface area contributed by atoms with Crippen molar-refractivity contribution < 1.29 is 9.53 Å². The highest BCUT2D eigenvalue weighted by Crippen LogP contribution is 2.50. The normalized spacial score (nSPS) is 25.9. The van der Waals surface area contributed by atoms with E-state index in [1.54, 1.807) is 7.05 Å². The molecule has 1 N–H and O–H groups in total. The van der Waals surface area contributed by atoms with Gasteiger partial charge < -0.3 is 15.0 Å². The first-order chi connectivity index (χ1) is 8.55. The van der Waals surface area contributed by atoms with Crippen LogP contribution in [0.3, 0.4) is 0 Å². The lowest BCUT2D eigenvalue weighted by Crippen LogP contribution is -2.63. The molecule has 0 radical (unpaired) electrons. The molecule has 1 rings (SSSR count). The van der Waals surface area contributed by atoms with Crippen LogP contribution in [-0.2, 0) is 9.53 Å². The number of methoxy groups -OCH3 is 1. The van der Waals surface area contributed by atoms with Crippen LogP contribution in [0.1, 0.15) is 39.5 Å². The molecule has 0 heterocycles. The highest BCUT2D eigenvalue weighted by Gasteiger charge is 2.54. The molecule has 1 amide bonds. The first-order valence-corrected chi connectivity index (χ1v) is 6.99. The molecular weight excluding hydrogens is 228 g/mol. The minimum Gasteiger partial charge on any atom is -0.381 e. The molecule has 0 spiro atoms. The van der Waals surface area contributed by atoms with E-state index >= 15 is 0 Å². The Hall–Kier alpha value is -0.610. The fourth-order valence-electron chi connectivity index (χ4n) is 3.41. The maximum Gasteiger partial charge on any atom is 0.221 e. The summed E-state index contributed by atoms with van der Waals surface area (Å²) in [4.78, 5) is 13.6. The van der Waals surface area contributed by atoms with E-state index in [-0.39, 0.29) is 11.3 Å². The van der Waals surface area contributed by atoms with Gasteiger partial charge in [0, 0.05) is 38.6 Å². The van der Waals surface area contributed by atoms with Gasteiger partial charge in [0.25, 0.3) is 0 Å². The number of carbonyl (C=O) groups excluding carboxylic acids is 1. The van der Waals surface area contributed by atoms with Crippen LogP contribution in [0.25, 0.3) is 0 Å². The second-order valence-electron chi connectivity index (χ2n) is 5.32. The Kier molecular flexibility index (Phi) is 5.60. The Morgan fingerprint density at radius 1 is 1.44 bits per heavy atom. The third-order valence-corrected chi connectivity index (χ3v) is 4.85. The minimum atomic E-state index is 0.114. The summed E-state index contributed by atoms with van der Waals surface area (Å²) in [5.41, 5.74) is 0.270. The van der Waals surface area contributed by atoms with Crippen LogP contribution < -0.4 is 5.32 Å². The van der Waals surface area contributed by atoms with Crippen molar-refractivity contribution in [2.24, 2.45) is 5.41 Å². The lowest BCUT2D eigenvalue weighted by molar-refractivity contribution is -0.157. The zero-order valence-electron chi connectivity index (χ0n) is 12.5. The van der Waals surface area contributed by atoms with Gasteiger partial charge in [0.2, 0.25) is 5.91 Å². The van der Waals surface area contributed by atoms with Crippen LogP contribution in [0.5, 0.6) is 0 Å². The predicted octanol–water partition coefficient (Wildman–Crippen LogP) is 1.65. The fourth-order valence-corrected chi connectivity index (χ4v) is 3.41. The minimum absolute atomic E-state index is 0.114. The van der Waals surface area contributed by atoms with Gasteiger partial charge in [0.15, 0.2) is 0 Å². The van der Waals surface area contributed by atoms with E-state index in [4.69, 9.17) is 4.74 Å². The summed E-state index contributed by atoms with van der Waals surface area (Å²) in [6.45, 7) is 5.31. The molecule has 1 aliphatic carbocycles. The lowest BCUT2D eigenvalue weighted by Gasteiger charge is -2.58. The van der Waals surface area contributed by atoms with Crippen LogP contribution in [-0.4, -0.2) is 50.7 Å². The van der Waals surface area contributed by atoms with Gasteiger partial charge in [-0.05, 0) is 26.3 Å². The third-order valence-electron chi connectivity index (χ3n) is 4.85. The van der Waals surface area contributed by atoms with Crippen molar-refractivity contribution in [3.8, 4) is 0 Å². The topological polar surface area (TPSA) is 41.6 Å². The monoisotopic (exact) mass is 256 g/mol. The molecule has 1 fully saturated rings. The zero-order valence-corrected chi connectivity index (χ0v) is 12.5. The number of carbonyl (C=O) groups is 1. The Morgan fingerprint density at radius 2 is 2.06 bits per heavy atom. The van der Waals surface area contributed by atoms with Crippen molar-refractivity contribution in [1.29, 1.82) is 0 Å². The summed E-state index contributed by atoms with van der Waals surface area (Å²) in [6, 6.07) is 0.544. The van der Waals surface area contributed by atoms with Crippen molar-refractivity contribution in [1.82, 2.24) is 10.2 Å². The SMILES string of the molecule is CCC1(CC)[C@@H](OC)C[C@H]1N(C)CCC(=O)NC. The summed E-state index contributed by atoms with van der Waals surface area (Å²) >= 11 is 0. The van der Waals surface area contributed by atoms with E-state index in [1.807, 2.05) is 7.11 Å². The van der Waals surface area contributed by atoms with Gasteiger partial charge in [-0.25, -0.2) is 0 Å². The molecule has 1 aliphatic rings. The summed E-state index contributed by atoms with van der Waals surface area (Å²) in [5, 5.41) is 2.67. The van der Waals surface area contributed by atoms with Gasteiger partial charge in [0.1, 0.15) is 0 Å². The molecule has 0 bridgehead atoms. The Balaban J connectivity index is 2.58. The van der Waals surface area contributed by atoms with Gasteiger partial charge in [-0.1, -0.05) is 13.8 Å². The van der Waals surface area contributed by atoms with E-state index in [0.717, 1.165) is 25.8 Å². The van der Waals surface area contributed by atoms with Gasteiger partial charge in [-0.3, -0.25) is 4.79 Å². The number of ether oxygens (including phenoxy) is 1. The summed E-state index contributed by atoms with van der Waals surface area (Å²) < 4.78 is 5.61. The molecule has 106 valence electrons. The van der Waals surface area contributed by atoms with Crippen LogP contribution in [0, 0.1) is 5.41 Å². The Labute approximate surface area is 111 Å². The smallest absolute Gasteiger partial charge is 0.221 e. The van der Waals surface area contributed by atoms with Crippen LogP contribution >= 0.6 is 0 Å². The predicted molar refractivity (Wildman–Crippen MR) is 73.5 cm³/mol. The largest absolute Gasteiger partial charge is 0.381 e. The zero-order chi connectivity index (χ0) is 13.8. The van der Waals surface area contributed by atoms with Crippen molar-refractivity contribution in [2.75, 3.05) is 27.7 Å². The fraction of sp³-hybridized carbons (Fsp3) is 0.929. The first kappa shape index (κ1) is 15.4. The maximum absolute atomic E-state index is 11.3. The summed E-state index contributed by atoms with van der Waals surface area (Å²) in [7, 11) is 5.63. The van der Waals surface area contributed by atoms with Crippen LogP contribution in [0.4, 0.5) is 0 Å². The number of nitrogens with one attached hydrogen (secondary N) is 1. The maximum atomic E-state index is 11.3. The molecule has 0 aromatic rings. The van der Waals surface area contributed by atoms with Gasteiger partial charge in [0.05, 0.1) is 6.10 Å². The molecule has 0 saturated heterocycles. The van der Waals surface area contributed by atoms with Crippen molar-refractivity contribution in [3.63, 3.8) is 0 Å². The number of hydrogen-bond acceptors (Lipinski definition) is 3.